The van der Waals surface area contributed by atoms with Crippen molar-refractivity contribution in [3.63, 3.8) is 0 Å². The molecule has 1 aromatic carbocycles. The molecule has 1 rings (SSSR count). The van der Waals surface area contributed by atoms with E-state index in [0.717, 1.165) is 9.37 Å². The van der Waals surface area contributed by atoms with Crippen LogP contribution in [0.15, 0.2) is 45.8 Å². The van der Waals surface area contributed by atoms with Crippen molar-refractivity contribution in [3.05, 3.63) is 40.9 Å². The summed E-state index contributed by atoms with van der Waals surface area (Å²) in [6, 6.07) is 7.75. The number of hydrogen-bond acceptors (Lipinski definition) is 4. The number of rotatable bonds is 6. The summed E-state index contributed by atoms with van der Waals surface area (Å²) in [4.78, 5) is 23.3. The molecule has 0 bridgehead atoms. The highest BCUT2D eigenvalue weighted by Crippen LogP contribution is 2.20. The zero-order chi connectivity index (χ0) is 14.1. The van der Waals surface area contributed by atoms with Gasteiger partial charge in [0.15, 0.2) is 0 Å². The average Bonchev–Trinajstić information content (AvgIpc) is 2.42. The number of amides is 1. The predicted molar refractivity (Wildman–Crippen MR) is 79.0 cm³/mol. The molecule has 0 fully saturated rings. The van der Waals surface area contributed by atoms with Crippen molar-refractivity contribution in [2.24, 2.45) is 0 Å². The van der Waals surface area contributed by atoms with Crippen LogP contribution < -0.4 is 5.32 Å². The molecule has 0 aromatic heterocycles. The van der Waals surface area contributed by atoms with Crippen molar-refractivity contribution < 1.29 is 14.3 Å². The molecule has 102 valence electrons. The van der Waals surface area contributed by atoms with Crippen LogP contribution in [-0.2, 0) is 14.3 Å². The number of thioether (sulfide) groups is 1. The molecule has 0 spiro atoms. The van der Waals surface area contributed by atoms with Gasteiger partial charge in [-0.15, -0.1) is 11.8 Å². The van der Waals surface area contributed by atoms with Crippen LogP contribution in [0.5, 0.6) is 0 Å². The molecule has 0 unspecified atom stereocenters. The van der Waals surface area contributed by atoms with Crippen LogP contribution in [0.25, 0.3) is 0 Å². The zero-order valence-corrected chi connectivity index (χ0v) is 12.8. The molecule has 0 aliphatic heterocycles. The fraction of sp³-hybridized carbons (Fsp3) is 0.231. The van der Waals surface area contributed by atoms with Crippen molar-refractivity contribution in [2.45, 2.75) is 4.90 Å². The summed E-state index contributed by atoms with van der Waals surface area (Å²) >= 11 is 4.81. The first kappa shape index (κ1) is 15.8. The first-order chi connectivity index (χ1) is 9.11. The molecule has 1 amide bonds. The number of hydrogen-bond donors (Lipinski definition) is 1. The minimum Gasteiger partial charge on any atom is -0.466 e. The topological polar surface area (TPSA) is 55.4 Å². The molecule has 0 heterocycles. The first-order valence-electron chi connectivity index (χ1n) is 5.51. The van der Waals surface area contributed by atoms with E-state index in [-0.39, 0.29) is 5.91 Å². The molecule has 1 N–H and O–H groups in total. The summed E-state index contributed by atoms with van der Waals surface area (Å²) in [5.41, 5.74) is 0. The van der Waals surface area contributed by atoms with E-state index in [9.17, 15) is 9.59 Å². The van der Waals surface area contributed by atoms with Crippen LogP contribution in [0.3, 0.4) is 0 Å². The number of methoxy groups -OCH3 is 1. The molecule has 0 saturated heterocycles. The van der Waals surface area contributed by atoms with Gasteiger partial charge < -0.3 is 10.1 Å². The highest BCUT2D eigenvalue weighted by molar-refractivity contribution is 9.10. The van der Waals surface area contributed by atoms with E-state index in [2.05, 4.69) is 26.0 Å². The Labute approximate surface area is 124 Å². The Bertz CT molecular complexity index is 459. The van der Waals surface area contributed by atoms with Gasteiger partial charge in [0.2, 0.25) is 5.91 Å². The smallest absolute Gasteiger partial charge is 0.330 e. The van der Waals surface area contributed by atoms with Crippen molar-refractivity contribution in [1.82, 2.24) is 5.32 Å². The third kappa shape index (κ3) is 7.03. The van der Waals surface area contributed by atoms with E-state index < -0.39 is 5.97 Å². The van der Waals surface area contributed by atoms with Crippen LogP contribution in [0, 0.1) is 0 Å². The first-order valence-corrected chi connectivity index (χ1v) is 7.29. The molecule has 1 aromatic rings. The number of carbonyl (C=O) groups is 2. The van der Waals surface area contributed by atoms with Crippen LogP contribution >= 0.6 is 27.7 Å². The van der Waals surface area contributed by atoms with Gasteiger partial charge in [0, 0.05) is 22.0 Å². The lowest BCUT2D eigenvalue weighted by atomic mass is 10.4. The van der Waals surface area contributed by atoms with Crippen molar-refractivity contribution in [3.8, 4) is 0 Å². The Morgan fingerprint density at radius 3 is 2.68 bits per heavy atom. The van der Waals surface area contributed by atoms with Gasteiger partial charge in [0.1, 0.15) is 0 Å². The van der Waals surface area contributed by atoms with E-state index in [1.54, 1.807) is 6.08 Å². The number of ether oxygens (including phenoxy) is 1. The number of carbonyl (C=O) groups excluding carboxylic acids is 2. The lowest BCUT2D eigenvalue weighted by Crippen LogP contribution is -2.25. The second-order valence-corrected chi connectivity index (χ2v) is 5.44. The van der Waals surface area contributed by atoms with E-state index in [1.165, 1.54) is 24.9 Å². The third-order valence-corrected chi connectivity index (χ3v) is 3.60. The molecule has 4 nitrogen and oxygen atoms in total. The summed E-state index contributed by atoms with van der Waals surface area (Å²) in [5.74, 6) is -0.172. The van der Waals surface area contributed by atoms with Crippen LogP contribution in [0.2, 0.25) is 0 Å². The Morgan fingerprint density at radius 1 is 1.37 bits per heavy atom. The van der Waals surface area contributed by atoms with Crippen LogP contribution in [0.1, 0.15) is 0 Å². The highest BCUT2D eigenvalue weighted by atomic mass is 79.9. The Kier molecular flexibility index (Phi) is 7.28. The van der Waals surface area contributed by atoms with Crippen LogP contribution in [-0.4, -0.2) is 31.3 Å². The van der Waals surface area contributed by atoms with E-state index >= 15 is 0 Å². The third-order valence-electron chi connectivity index (χ3n) is 2.06. The second kappa shape index (κ2) is 8.77. The molecule has 0 atom stereocenters. The fourth-order valence-electron chi connectivity index (χ4n) is 1.13. The standard InChI is InChI=1S/C13H14BrNO3S/c1-18-13(17)3-2-8-15-12(16)9-19-11-6-4-10(14)5-7-11/h2-7H,8-9H2,1H3,(H,15,16)/b3-2+. The van der Waals surface area contributed by atoms with Crippen LogP contribution in [0.4, 0.5) is 0 Å². The van der Waals surface area contributed by atoms with Gasteiger partial charge in [-0.25, -0.2) is 4.79 Å². The van der Waals surface area contributed by atoms with Gasteiger partial charge in [0.05, 0.1) is 12.9 Å². The molecule has 6 heteroatoms. The Balaban J connectivity index is 2.23. The molecule has 0 aliphatic rings. The van der Waals surface area contributed by atoms with Crippen molar-refractivity contribution in [1.29, 1.82) is 0 Å². The summed E-state index contributed by atoms with van der Waals surface area (Å²) in [6.45, 7) is 0.314. The summed E-state index contributed by atoms with van der Waals surface area (Å²) in [7, 11) is 1.31. The minimum atomic E-state index is -0.432. The predicted octanol–water partition coefficient (Wildman–Crippen LogP) is 2.39. The summed E-state index contributed by atoms with van der Waals surface area (Å²) in [5, 5.41) is 2.68. The van der Waals surface area contributed by atoms with Gasteiger partial charge in [-0.1, -0.05) is 22.0 Å². The van der Waals surface area contributed by atoms with Gasteiger partial charge >= 0.3 is 5.97 Å². The lowest BCUT2D eigenvalue weighted by Gasteiger charge is -2.02. The Hall–Kier alpha value is -1.27. The number of nitrogens with one attached hydrogen (secondary N) is 1. The van der Waals surface area contributed by atoms with Gasteiger partial charge in [0.25, 0.3) is 0 Å². The molecule has 0 aliphatic carbocycles. The monoisotopic (exact) mass is 343 g/mol. The van der Waals surface area contributed by atoms with Crippen molar-refractivity contribution >= 4 is 39.6 Å². The zero-order valence-electron chi connectivity index (χ0n) is 10.4. The SMILES string of the molecule is COC(=O)/C=C/CNC(=O)CSc1ccc(Br)cc1. The second-order valence-electron chi connectivity index (χ2n) is 3.47. The lowest BCUT2D eigenvalue weighted by molar-refractivity contribution is -0.134. The molecular formula is C13H14BrNO3S. The van der Waals surface area contributed by atoms with E-state index in [1.807, 2.05) is 24.3 Å². The quantitative estimate of drug-likeness (QED) is 0.489. The maximum absolute atomic E-state index is 11.5. The maximum Gasteiger partial charge on any atom is 0.330 e. The van der Waals surface area contributed by atoms with Gasteiger partial charge in [-0.3, -0.25) is 4.79 Å². The summed E-state index contributed by atoms with van der Waals surface area (Å²) in [6.07, 6.45) is 2.83. The van der Waals surface area contributed by atoms with Gasteiger partial charge in [-0.2, -0.15) is 0 Å². The van der Waals surface area contributed by atoms with Gasteiger partial charge in [-0.05, 0) is 24.3 Å². The molecular weight excluding hydrogens is 330 g/mol. The molecule has 0 radical (unpaired) electrons. The number of halogens is 1. The number of esters is 1. The fourth-order valence-corrected chi connectivity index (χ4v) is 2.12. The largest absolute Gasteiger partial charge is 0.466 e. The van der Waals surface area contributed by atoms with E-state index in [0.29, 0.717) is 12.3 Å². The maximum atomic E-state index is 11.5. The molecule has 19 heavy (non-hydrogen) atoms. The highest BCUT2D eigenvalue weighted by Gasteiger charge is 2.01. The van der Waals surface area contributed by atoms with Crippen molar-refractivity contribution in [2.75, 3.05) is 19.4 Å². The normalized spacial score (nSPS) is 10.4. The minimum absolute atomic E-state index is 0.0811. The van der Waals surface area contributed by atoms with E-state index in [4.69, 9.17) is 0 Å². The Morgan fingerprint density at radius 2 is 2.05 bits per heavy atom. The molecule has 0 saturated carbocycles. The average molecular weight is 344 g/mol. The number of benzene rings is 1. The summed E-state index contributed by atoms with van der Waals surface area (Å²) < 4.78 is 5.43.